The number of nitrogens with zero attached hydrogens (tertiary/aromatic N) is 4. The molecule has 0 saturated heterocycles. The predicted molar refractivity (Wildman–Crippen MR) is 234 cm³/mol. The molecular weight excluding hydrogens is 705 g/mol. The molecule has 0 N–H and O–H groups in total. The van der Waals surface area contributed by atoms with Crippen molar-refractivity contribution in [3.05, 3.63) is 228 Å². The van der Waals surface area contributed by atoms with Crippen LogP contribution in [0.15, 0.2) is 194 Å². The molecule has 4 nitrogen and oxygen atoms in total. The first-order chi connectivity index (χ1) is 28.5. The van der Waals surface area contributed by atoms with Gasteiger partial charge in [0.15, 0.2) is 17.5 Å². The molecule has 0 unspecified atom stereocenters. The molecule has 1 spiro atoms. The molecule has 2 aromatic heterocycles. The molecule has 9 aromatic rings. The Bertz CT molecular complexity index is 2970. The molecule has 0 aliphatic heterocycles. The third-order valence-corrected chi connectivity index (χ3v) is 12.3. The SMILES string of the molecule is CC1(C)c2ccccc2C2(c3ccccc3-c3ccc(-c4cccc(-c5nc(-c6ccccc6)nc(-c6ccc(-c7cccnc7)cc6)n5)c4)cc32)c2ccccc21. The van der Waals surface area contributed by atoms with Crippen molar-refractivity contribution in [3.8, 4) is 67.5 Å². The lowest BCUT2D eigenvalue weighted by Crippen LogP contribution is -2.40. The monoisotopic (exact) mass is 742 g/mol. The van der Waals surface area contributed by atoms with E-state index in [-0.39, 0.29) is 5.41 Å². The summed E-state index contributed by atoms with van der Waals surface area (Å²) in [5.74, 6) is 1.89. The minimum Gasteiger partial charge on any atom is -0.264 e. The van der Waals surface area contributed by atoms with Gasteiger partial charge in [0, 0.05) is 34.5 Å². The van der Waals surface area contributed by atoms with Crippen molar-refractivity contribution in [2.24, 2.45) is 0 Å². The smallest absolute Gasteiger partial charge is 0.164 e. The summed E-state index contributed by atoms with van der Waals surface area (Å²) in [6.07, 6.45) is 3.67. The lowest BCUT2D eigenvalue weighted by molar-refractivity contribution is 0.563. The number of hydrogen-bond donors (Lipinski definition) is 0. The zero-order chi connectivity index (χ0) is 38.8. The molecule has 58 heavy (non-hydrogen) atoms. The second-order valence-corrected chi connectivity index (χ2v) is 15.8. The maximum Gasteiger partial charge on any atom is 0.164 e. The summed E-state index contributed by atoms with van der Waals surface area (Å²) in [5.41, 5.74) is 17.3. The van der Waals surface area contributed by atoms with E-state index in [0.717, 1.165) is 38.9 Å². The van der Waals surface area contributed by atoms with E-state index in [1.807, 2.05) is 42.6 Å². The van der Waals surface area contributed by atoms with Gasteiger partial charge in [-0.1, -0.05) is 178 Å². The number of benzene rings is 7. The summed E-state index contributed by atoms with van der Waals surface area (Å²) in [5, 5.41) is 0. The molecular formula is C54H38N4. The molecule has 0 amide bonds. The molecule has 7 aromatic carbocycles. The van der Waals surface area contributed by atoms with Crippen molar-refractivity contribution >= 4 is 0 Å². The van der Waals surface area contributed by atoms with Gasteiger partial charge < -0.3 is 0 Å². The second kappa shape index (κ2) is 13.1. The van der Waals surface area contributed by atoms with Crippen LogP contribution in [0.2, 0.25) is 0 Å². The van der Waals surface area contributed by atoms with Crippen molar-refractivity contribution in [1.82, 2.24) is 19.9 Å². The van der Waals surface area contributed by atoms with E-state index in [4.69, 9.17) is 15.0 Å². The second-order valence-electron chi connectivity index (χ2n) is 15.8. The fourth-order valence-electron chi connectivity index (χ4n) is 9.57. The highest BCUT2D eigenvalue weighted by Gasteiger charge is 2.53. The van der Waals surface area contributed by atoms with E-state index in [0.29, 0.717) is 17.5 Å². The molecule has 0 radical (unpaired) electrons. The number of hydrogen-bond acceptors (Lipinski definition) is 4. The quantitative estimate of drug-likeness (QED) is 0.176. The van der Waals surface area contributed by atoms with Gasteiger partial charge in [-0.2, -0.15) is 0 Å². The summed E-state index contributed by atoms with van der Waals surface area (Å²) >= 11 is 0. The van der Waals surface area contributed by atoms with Gasteiger partial charge in [-0.3, -0.25) is 4.98 Å². The number of fused-ring (bicyclic) bond motifs is 9. The molecule has 0 saturated carbocycles. The average Bonchev–Trinajstić information content (AvgIpc) is 3.59. The van der Waals surface area contributed by atoms with Crippen LogP contribution in [0.4, 0.5) is 0 Å². The van der Waals surface area contributed by atoms with E-state index in [1.54, 1.807) is 6.20 Å². The average molecular weight is 743 g/mol. The molecule has 2 aliphatic rings. The molecule has 4 heteroatoms. The summed E-state index contributed by atoms with van der Waals surface area (Å²) in [7, 11) is 0. The van der Waals surface area contributed by atoms with Crippen LogP contribution >= 0.6 is 0 Å². The first-order valence-electron chi connectivity index (χ1n) is 19.9. The van der Waals surface area contributed by atoms with Crippen LogP contribution in [0.25, 0.3) is 67.5 Å². The lowest BCUT2D eigenvalue weighted by atomic mass is 9.55. The first kappa shape index (κ1) is 34.0. The number of pyridine rings is 1. The summed E-state index contributed by atoms with van der Waals surface area (Å²) < 4.78 is 0. The van der Waals surface area contributed by atoms with Gasteiger partial charge in [0.05, 0.1) is 5.41 Å². The first-order valence-corrected chi connectivity index (χ1v) is 19.9. The van der Waals surface area contributed by atoms with Gasteiger partial charge in [-0.05, 0) is 85.0 Å². The normalized spacial score (nSPS) is 14.0. The highest BCUT2D eigenvalue weighted by molar-refractivity contribution is 5.90. The minimum absolute atomic E-state index is 0.147. The summed E-state index contributed by atoms with van der Waals surface area (Å²) in [6.45, 7) is 4.74. The molecule has 2 heterocycles. The Balaban J connectivity index is 1.06. The molecule has 0 fully saturated rings. The third-order valence-electron chi connectivity index (χ3n) is 12.3. The van der Waals surface area contributed by atoms with E-state index >= 15 is 0 Å². The Morgan fingerprint density at radius 1 is 0.328 bits per heavy atom. The van der Waals surface area contributed by atoms with Gasteiger partial charge in [-0.15, -0.1) is 0 Å². The zero-order valence-corrected chi connectivity index (χ0v) is 32.3. The number of rotatable bonds is 5. The van der Waals surface area contributed by atoms with Gasteiger partial charge in [-0.25, -0.2) is 15.0 Å². The summed E-state index contributed by atoms with van der Waals surface area (Å²) in [6, 6.07) is 65.4. The Labute approximate surface area is 338 Å². The third kappa shape index (κ3) is 5.15. The molecule has 274 valence electrons. The van der Waals surface area contributed by atoms with Crippen LogP contribution in [0.1, 0.15) is 47.2 Å². The van der Waals surface area contributed by atoms with Crippen molar-refractivity contribution in [1.29, 1.82) is 0 Å². The highest BCUT2D eigenvalue weighted by atomic mass is 15.0. The molecule has 0 bridgehead atoms. The van der Waals surface area contributed by atoms with E-state index in [2.05, 4.69) is 164 Å². The fourth-order valence-corrected chi connectivity index (χ4v) is 9.57. The fraction of sp³-hybridized carbons (Fsp3) is 0.0741. The van der Waals surface area contributed by atoms with Gasteiger partial charge in [0.25, 0.3) is 0 Å². The standard InChI is InChI=1S/C54H38N4/c1-53(2)45-21-8-10-23-47(45)54(48-24-11-9-22-46(48)53)44-20-7-6-19-42(44)43-30-29-39(33-49(43)54)38-16-12-17-40(32-38)52-57-50(36-14-4-3-5-15-36)56-51(58-52)37-27-25-35(26-28-37)41-18-13-31-55-34-41/h3-34H,1-2H3. The Morgan fingerprint density at radius 3 is 1.48 bits per heavy atom. The van der Waals surface area contributed by atoms with Crippen LogP contribution < -0.4 is 0 Å². The van der Waals surface area contributed by atoms with Crippen molar-refractivity contribution in [2.75, 3.05) is 0 Å². The maximum atomic E-state index is 5.12. The zero-order valence-electron chi connectivity index (χ0n) is 32.3. The van der Waals surface area contributed by atoms with Crippen LogP contribution in [-0.2, 0) is 10.8 Å². The lowest BCUT2D eigenvalue weighted by Gasteiger charge is -2.46. The Hall–Kier alpha value is -7.30. The van der Waals surface area contributed by atoms with E-state index in [1.165, 1.54) is 44.5 Å². The summed E-state index contributed by atoms with van der Waals surface area (Å²) in [4.78, 5) is 19.5. The predicted octanol–water partition coefficient (Wildman–Crippen LogP) is 12.6. The maximum absolute atomic E-state index is 5.12. The van der Waals surface area contributed by atoms with Gasteiger partial charge in [0.1, 0.15) is 0 Å². The van der Waals surface area contributed by atoms with Crippen LogP contribution in [0.5, 0.6) is 0 Å². The number of aromatic nitrogens is 4. The van der Waals surface area contributed by atoms with Gasteiger partial charge >= 0.3 is 0 Å². The van der Waals surface area contributed by atoms with Crippen LogP contribution in [-0.4, -0.2) is 19.9 Å². The van der Waals surface area contributed by atoms with Crippen LogP contribution in [0, 0.1) is 0 Å². The van der Waals surface area contributed by atoms with Crippen LogP contribution in [0.3, 0.4) is 0 Å². The van der Waals surface area contributed by atoms with Crippen molar-refractivity contribution in [3.63, 3.8) is 0 Å². The highest BCUT2D eigenvalue weighted by Crippen LogP contribution is 2.62. The topological polar surface area (TPSA) is 51.6 Å². The Morgan fingerprint density at radius 2 is 0.810 bits per heavy atom. The molecule has 11 rings (SSSR count). The molecule has 0 atom stereocenters. The van der Waals surface area contributed by atoms with Crippen molar-refractivity contribution in [2.45, 2.75) is 24.7 Å². The largest absolute Gasteiger partial charge is 0.264 e. The van der Waals surface area contributed by atoms with E-state index in [9.17, 15) is 0 Å². The van der Waals surface area contributed by atoms with Gasteiger partial charge in [0.2, 0.25) is 0 Å². The van der Waals surface area contributed by atoms with Crippen molar-refractivity contribution < 1.29 is 0 Å². The minimum atomic E-state index is -0.456. The van der Waals surface area contributed by atoms with E-state index < -0.39 is 5.41 Å². The Kier molecular flexibility index (Phi) is 7.70. The molecule has 2 aliphatic carbocycles.